The van der Waals surface area contributed by atoms with Crippen LogP contribution in [0.15, 0.2) is 18.2 Å². The summed E-state index contributed by atoms with van der Waals surface area (Å²) in [7, 11) is 1.61. The molecule has 1 aliphatic heterocycles. The van der Waals surface area contributed by atoms with Crippen LogP contribution >= 0.6 is 12.2 Å². The molecule has 4 nitrogen and oxygen atoms in total. The Hall–Kier alpha value is -1.17. The van der Waals surface area contributed by atoms with Crippen LogP contribution in [0.2, 0.25) is 0 Å². The minimum absolute atomic E-state index is 0.235. The molecule has 0 aliphatic carbocycles. The maximum absolute atomic E-state index is 6.01. The van der Waals surface area contributed by atoms with Gasteiger partial charge in [-0.2, -0.15) is 0 Å². The Morgan fingerprint density at radius 2 is 2.00 bits per heavy atom. The average molecular weight is 309 g/mol. The zero-order chi connectivity index (χ0) is 15.4. The first-order valence-corrected chi connectivity index (χ1v) is 7.64. The summed E-state index contributed by atoms with van der Waals surface area (Å²) in [4.78, 5) is 0.335. The quantitative estimate of drug-likeness (QED) is 0.848. The van der Waals surface area contributed by atoms with Crippen LogP contribution in [0.25, 0.3) is 0 Å². The van der Waals surface area contributed by atoms with Crippen LogP contribution in [0.4, 0.5) is 0 Å². The van der Waals surface area contributed by atoms with Gasteiger partial charge < -0.3 is 19.9 Å². The molecular weight excluding hydrogens is 286 g/mol. The summed E-state index contributed by atoms with van der Waals surface area (Å²) in [6.45, 7) is 4.72. The molecule has 2 N–H and O–H groups in total. The normalized spacial score (nSPS) is 25.6. The fraction of sp³-hybridized carbons (Fsp3) is 0.562. The van der Waals surface area contributed by atoms with Gasteiger partial charge in [0.2, 0.25) is 0 Å². The van der Waals surface area contributed by atoms with E-state index in [1.807, 2.05) is 18.2 Å². The van der Waals surface area contributed by atoms with Crippen LogP contribution in [0.3, 0.4) is 0 Å². The highest BCUT2D eigenvalue weighted by atomic mass is 32.1. The van der Waals surface area contributed by atoms with Crippen molar-refractivity contribution < 1.29 is 14.2 Å². The Morgan fingerprint density at radius 1 is 1.33 bits per heavy atom. The van der Waals surface area contributed by atoms with Gasteiger partial charge in [0.15, 0.2) is 0 Å². The number of thiocarbonyl (C=S) groups is 1. The van der Waals surface area contributed by atoms with E-state index in [9.17, 15) is 0 Å². The topological polar surface area (TPSA) is 53.7 Å². The second kappa shape index (κ2) is 7.20. The van der Waals surface area contributed by atoms with Crippen molar-refractivity contribution in [2.75, 3.05) is 7.11 Å². The molecule has 1 fully saturated rings. The first-order valence-electron chi connectivity index (χ1n) is 7.23. The predicted octanol–water partition coefficient (Wildman–Crippen LogP) is 2.80. The lowest BCUT2D eigenvalue weighted by Crippen LogP contribution is -2.34. The van der Waals surface area contributed by atoms with E-state index in [1.54, 1.807) is 7.11 Å². The summed E-state index contributed by atoms with van der Waals surface area (Å²) in [6.07, 6.45) is 2.61. The van der Waals surface area contributed by atoms with E-state index in [0.717, 1.165) is 24.0 Å². The molecule has 1 aliphatic rings. The van der Waals surface area contributed by atoms with Crippen LogP contribution in [0.5, 0.6) is 5.75 Å². The molecule has 5 heteroatoms. The Balaban J connectivity index is 2.00. The second-order valence-corrected chi connectivity index (χ2v) is 6.00. The predicted molar refractivity (Wildman–Crippen MR) is 86.7 cm³/mol. The lowest BCUT2D eigenvalue weighted by Gasteiger charge is -2.32. The minimum Gasteiger partial charge on any atom is -0.496 e. The van der Waals surface area contributed by atoms with Gasteiger partial charge in [0.05, 0.1) is 37.6 Å². The van der Waals surface area contributed by atoms with Crippen molar-refractivity contribution in [1.29, 1.82) is 0 Å². The highest BCUT2D eigenvalue weighted by Gasteiger charge is 2.24. The monoisotopic (exact) mass is 309 g/mol. The van der Waals surface area contributed by atoms with Crippen molar-refractivity contribution in [3.8, 4) is 5.75 Å². The summed E-state index contributed by atoms with van der Waals surface area (Å²) in [5.74, 6) is 0.694. The molecule has 1 aromatic carbocycles. The van der Waals surface area contributed by atoms with Gasteiger partial charge in [-0.05, 0) is 44.4 Å². The third kappa shape index (κ3) is 4.40. The molecule has 1 heterocycles. The number of rotatable bonds is 5. The molecule has 21 heavy (non-hydrogen) atoms. The maximum atomic E-state index is 6.01. The molecule has 1 aromatic rings. The number of nitrogens with two attached hydrogens (primary N) is 1. The summed E-state index contributed by atoms with van der Waals surface area (Å²) < 4.78 is 17.0. The van der Waals surface area contributed by atoms with Crippen LogP contribution in [0, 0.1) is 0 Å². The highest BCUT2D eigenvalue weighted by Crippen LogP contribution is 2.24. The Labute approximate surface area is 131 Å². The number of hydrogen-bond donors (Lipinski definition) is 1. The molecular formula is C16H23NO3S. The fourth-order valence-electron chi connectivity index (χ4n) is 2.73. The van der Waals surface area contributed by atoms with Crippen molar-refractivity contribution in [2.24, 2.45) is 5.73 Å². The van der Waals surface area contributed by atoms with E-state index in [1.165, 1.54) is 0 Å². The molecule has 0 amide bonds. The summed E-state index contributed by atoms with van der Waals surface area (Å²) in [6, 6.07) is 5.79. The Bertz CT molecular complexity index is 496. The number of hydrogen-bond acceptors (Lipinski definition) is 4. The smallest absolute Gasteiger partial charge is 0.129 e. The van der Waals surface area contributed by atoms with Gasteiger partial charge >= 0.3 is 0 Å². The van der Waals surface area contributed by atoms with Gasteiger partial charge in [-0.25, -0.2) is 0 Å². The van der Waals surface area contributed by atoms with E-state index >= 15 is 0 Å². The summed E-state index contributed by atoms with van der Waals surface area (Å²) >= 11 is 5.06. The Morgan fingerprint density at radius 3 is 2.57 bits per heavy atom. The summed E-state index contributed by atoms with van der Waals surface area (Å²) in [5, 5.41) is 0. The van der Waals surface area contributed by atoms with E-state index in [-0.39, 0.29) is 18.3 Å². The largest absolute Gasteiger partial charge is 0.496 e. The highest BCUT2D eigenvalue weighted by molar-refractivity contribution is 7.80. The van der Waals surface area contributed by atoms with Crippen molar-refractivity contribution in [2.45, 2.75) is 51.6 Å². The second-order valence-electron chi connectivity index (χ2n) is 5.56. The molecule has 116 valence electrons. The fourth-order valence-corrected chi connectivity index (χ4v) is 2.89. The molecule has 0 aromatic heterocycles. The van der Waals surface area contributed by atoms with Crippen molar-refractivity contribution in [1.82, 2.24) is 0 Å². The van der Waals surface area contributed by atoms with Gasteiger partial charge in [-0.15, -0.1) is 0 Å². The number of benzene rings is 1. The molecule has 0 spiro atoms. The lowest BCUT2D eigenvalue weighted by molar-refractivity contribution is -0.106. The van der Waals surface area contributed by atoms with Crippen LogP contribution in [-0.4, -0.2) is 30.4 Å². The van der Waals surface area contributed by atoms with Crippen molar-refractivity contribution in [3.63, 3.8) is 0 Å². The average Bonchev–Trinajstić information content (AvgIpc) is 2.43. The first-order chi connectivity index (χ1) is 9.99. The maximum Gasteiger partial charge on any atom is 0.129 e. The minimum atomic E-state index is 0.235. The molecule has 0 bridgehead atoms. The number of ether oxygens (including phenoxy) is 3. The SMILES string of the molecule is COc1ccc(COC2CC(C)OC(C)C2)cc1C(N)=S. The van der Waals surface area contributed by atoms with E-state index in [2.05, 4.69) is 13.8 Å². The standard InChI is InChI=1S/C16H23NO3S/c1-10-6-13(7-11(2)20-10)19-9-12-4-5-15(18-3)14(8-12)16(17)21/h4-5,8,10-11,13H,6-7,9H2,1-3H3,(H2,17,21). The third-order valence-corrected chi connectivity index (χ3v) is 3.89. The van der Waals surface area contributed by atoms with E-state index < -0.39 is 0 Å². The molecule has 2 unspecified atom stereocenters. The van der Waals surface area contributed by atoms with Gasteiger partial charge in [0, 0.05) is 0 Å². The van der Waals surface area contributed by atoms with E-state index in [0.29, 0.717) is 17.3 Å². The van der Waals surface area contributed by atoms with Crippen LogP contribution in [0.1, 0.15) is 37.8 Å². The van der Waals surface area contributed by atoms with Crippen molar-refractivity contribution in [3.05, 3.63) is 29.3 Å². The molecule has 0 radical (unpaired) electrons. The first kappa shape index (κ1) is 16.2. The molecule has 2 atom stereocenters. The summed E-state index contributed by atoms with van der Waals surface area (Å²) in [5.41, 5.74) is 7.53. The zero-order valence-electron chi connectivity index (χ0n) is 12.8. The van der Waals surface area contributed by atoms with Gasteiger partial charge in [-0.1, -0.05) is 18.3 Å². The van der Waals surface area contributed by atoms with E-state index in [4.69, 9.17) is 32.2 Å². The molecule has 2 rings (SSSR count). The molecule has 1 saturated heterocycles. The number of methoxy groups -OCH3 is 1. The lowest BCUT2D eigenvalue weighted by atomic mass is 10.0. The van der Waals surface area contributed by atoms with Crippen molar-refractivity contribution >= 4 is 17.2 Å². The third-order valence-electron chi connectivity index (χ3n) is 3.67. The van der Waals surface area contributed by atoms with Gasteiger partial charge in [0.25, 0.3) is 0 Å². The Kier molecular flexibility index (Phi) is 5.56. The van der Waals surface area contributed by atoms with Gasteiger partial charge in [0.1, 0.15) is 10.7 Å². The zero-order valence-corrected chi connectivity index (χ0v) is 13.6. The van der Waals surface area contributed by atoms with Crippen LogP contribution in [-0.2, 0) is 16.1 Å². The van der Waals surface area contributed by atoms with Gasteiger partial charge in [-0.3, -0.25) is 0 Å². The molecule has 0 saturated carbocycles. The van der Waals surface area contributed by atoms with Crippen LogP contribution < -0.4 is 10.5 Å².